The van der Waals surface area contributed by atoms with Crippen LogP contribution in [-0.4, -0.2) is 37.2 Å². The summed E-state index contributed by atoms with van der Waals surface area (Å²) in [7, 11) is 0. The van der Waals surface area contributed by atoms with E-state index in [9.17, 15) is 14.4 Å². The standard InChI is InChI=1S/C66H112O6/c1-4-7-10-13-16-19-22-24-26-28-30-32-33-35-36-38-40-42-44-47-50-53-56-59-65(68)71-62-63(61-70-64(67)58-55-52-49-46-21-18-15-12-9-6-3)72-66(69)60-57-54-51-48-45-43-41-39-37-34-31-29-27-25-23-20-17-14-11-8-5-2/h7,10,12,15-16,19,24,26,29-32,35-36,40,42,63H,4-6,8-9,11,13-14,17-18,20-23,25,27-28,33-34,37-39,41,43-62H2,1-3H3/b10-7-,15-12-,19-16-,26-24-,31-29-,32-30-,36-35-,42-40-. The molecule has 0 amide bonds. The Bertz CT molecular complexity index is 1430. The van der Waals surface area contributed by atoms with Gasteiger partial charge in [0.25, 0.3) is 0 Å². The molecule has 0 aliphatic carbocycles. The first-order valence-corrected chi connectivity index (χ1v) is 30.2. The Morgan fingerprint density at radius 1 is 0.292 bits per heavy atom. The fourth-order valence-corrected chi connectivity index (χ4v) is 8.27. The Morgan fingerprint density at radius 2 is 0.569 bits per heavy atom. The van der Waals surface area contributed by atoms with Crippen LogP contribution in [0.4, 0.5) is 0 Å². The molecule has 72 heavy (non-hydrogen) atoms. The Kier molecular flexibility index (Phi) is 56.8. The van der Waals surface area contributed by atoms with Crippen molar-refractivity contribution in [3.8, 4) is 0 Å². The van der Waals surface area contributed by atoms with E-state index in [1.54, 1.807) is 0 Å². The molecule has 412 valence electrons. The number of ether oxygens (including phenoxy) is 3. The first kappa shape index (κ1) is 68.3. The van der Waals surface area contributed by atoms with Crippen LogP contribution < -0.4 is 0 Å². The van der Waals surface area contributed by atoms with Crippen LogP contribution in [0.15, 0.2) is 97.2 Å². The van der Waals surface area contributed by atoms with Gasteiger partial charge in [-0.15, -0.1) is 0 Å². The molecule has 0 fully saturated rings. The van der Waals surface area contributed by atoms with Crippen molar-refractivity contribution in [3.05, 3.63) is 97.2 Å². The van der Waals surface area contributed by atoms with Gasteiger partial charge in [-0.1, -0.05) is 246 Å². The summed E-state index contributed by atoms with van der Waals surface area (Å²) in [5, 5.41) is 0. The monoisotopic (exact) mass is 1000 g/mol. The van der Waals surface area contributed by atoms with Crippen LogP contribution >= 0.6 is 0 Å². The van der Waals surface area contributed by atoms with Gasteiger partial charge in [-0.25, -0.2) is 0 Å². The summed E-state index contributed by atoms with van der Waals surface area (Å²) in [5.74, 6) is -0.924. The van der Waals surface area contributed by atoms with Crippen LogP contribution in [0, 0.1) is 0 Å². The van der Waals surface area contributed by atoms with Crippen LogP contribution in [0.25, 0.3) is 0 Å². The van der Waals surface area contributed by atoms with Crippen molar-refractivity contribution in [2.75, 3.05) is 13.2 Å². The minimum Gasteiger partial charge on any atom is -0.462 e. The average Bonchev–Trinajstić information content (AvgIpc) is 3.38. The average molecular weight is 1000 g/mol. The van der Waals surface area contributed by atoms with Crippen molar-refractivity contribution in [1.82, 2.24) is 0 Å². The Labute approximate surface area is 445 Å². The highest BCUT2D eigenvalue weighted by Crippen LogP contribution is 2.15. The van der Waals surface area contributed by atoms with Crippen molar-refractivity contribution in [3.63, 3.8) is 0 Å². The molecular formula is C66H112O6. The fourth-order valence-electron chi connectivity index (χ4n) is 8.27. The number of rotatable bonds is 54. The molecule has 0 aliphatic rings. The van der Waals surface area contributed by atoms with Crippen molar-refractivity contribution in [2.45, 2.75) is 290 Å². The number of carbonyl (C=O) groups is 3. The molecule has 1 unspecified atom stereocenters. The summed E-state index contributed by atoms with van der Waals surface area (Å²) >= 11 is 0. The number of esters is 3. The molecule has 0 aromatic rings. The lowest BCUT2D eigenvalue weighted by Crippen LogP contribution is -2.30. The molecule has 0 aromatic carbocycles. The number of carbonyl (C=O) groups excluding carboxylic acids is 3. The molecule has 0 bridgehead atoms. The Hall–Kier alpha value is -3.67. The van der Waals surface area contributed by atoms with Crippen LogP contribution in [0.2, 0.25) is 0 Å². The number of unbranched alkanes of at least 4 members (excludes halogenated alkanes) is 27. The summed E-state index contributed by atoms with van der Waals surface area (Å²) in [4.78, 5) is 38.1. The second-order valence-corrected chi connectivity index (χ2v) is 19.9. The molecule has 0 aliphatic heterocycles. The maximum atomic E-state index is 12.9. The van der Waals surface area contributed by atoms with E-state index in [1.807, 2.05) is 0 Å². The minimum atomic E-state index is -0.794. The van der Waals surface area contributed by atoms with Gasteiger partial charge in [-0.2, -0.15) is 0 Å². The molecule has 0 saturated heterocycles. The number of allylic oxidation sites excluding steroid dienone is 16. The second kappa shape index (κ2) is 59.9. The van der Waals surface area contributed by atoms with Gasteiger partial charge in [0.15, 0.2) is 6.10 Å². The molecule has 0 radical (unpaired) electrons. The summed E-state index contributed by atoms with van der Waals surface area (Å²) < 4.78 is 16.8. The van der Waals surface area contributed by atoms with Gasteiger partial charge in [0, 0.05) is 19.3 Å². The summed E-state index contributed by atoms with van der Waals surface area (Å²) in [6.45, 7) is 6.45. The molecule has 0 heterocycles. The quantitative estimate of drug-likeness (QED) is 0.0261. The highest BCUT2D eigenvalue weighted by molar-refractivity contribution is 5.71. The van der Waals surface area contributed by atoms with Gasteiger partial charge in [0.1, 0.15) is 13.2 Å². The first-order chi connectivity index (χ1) is 35.5. The van der Waals surface area contributed by atoms with E-state index in [0.717, 1.165) is 128 Å². The van der Waals surface area contributed by atoms with Crippen LogP contribution in [0.5, 0.6) is 0 Å². The maximum absolute atomic E-state index is 12.9. The van der Waals surface area contributed by atoms with Crippen molar-refractivity contribution < 1.29 is 28.6 Å². The minimum absolute atomic E-state index is 0.0911. The van der Waals surface area contributed by atoms with Crippen molar-refractivity contribution in [1.29, 1.82) is 0 Å². The molecule has 0 spiro atoms. The first-order valence-electron chi connectivity index (χ1n) is 30.2. The van der Waals surface area contributed by atoms with Crippen LogP contribution in [0.1, 0.15) is 284 Å². The van der Waals surface area contributed by atoms with E-state index in [4.69, 9.17) is 14.2 Å². The lowest BCUT2D eigenvalue weighted by molar-refractivity contribution is -0.167. The third kappa shape index (κ3) is 57.2. The highest BCUT2D eigenvalue weighted by atomic mass is 16.6. The SMILES string of the molecule is CC/C=C\C/C=C\C/C=C\C/C=C\C/C=C\C/C=C\CCCCCCC(=O)OCC(COC(=O)CCCCCCC/C=C\CCC)OC(=O)CCCCCCCCCCC/C=C\CCCCCCCCCC. The fraction of sp³-hybridized carbons (Fsp3) is 0.712. The topological polar surface area (TPSA) is 78.9 Å². The third-order valence-electron chi connectivity index (χ3n) is 12.8. The predicted octanol–water partition coefficient (Wildman–Crippen LogP) is 20.5. The van der Waals surface area contributed by atoms with Gasteiger partial charge in [-0.3, -0.25) is 14.4 Å². The molecule has 6 nitrogen and oxygen atoms in total. The van der Waals surface area contributed by atoms with Crippen LogP contribution in [0.3, 0.4) is 0 Å². The molecule has 0 saturated carbocycles. The van der Waals surface area contributed by atoms with E-state index < -0.39 is 6.10 Å². The van der Waals surface area contributed by atoms with Crippen molar-refractivity contribution >= 4 is 17.9 Å². The zero-order chi connectivity index (χ0) is 52.2. The zero-order valence-corrected chi connectivity index (χ0v) is 47.2. The van der Waals surface area contributed by atoms with Gasteiger partial charge in [0.2, 0.25) is 0 Å². The van der Waals surface area contributed by atoms with Gasteiger partial charge < -0.3 is 14.2 Å². The largest absolute Gasteiger partial charge is 0.462 e. The van der Waals surface area contributed by atoms with E-state index >= 15 is 0 Å². The van der Waals surface area contributed by atoms with Crippen molar-refractivity contribution in [2.24, 2.45) is 0 Å². The van der Waals surface area contributed by atoms with Gasteiger partial charge >= 0.3 is 17.9 Å². The lowest BCUT2D eigenvalue weighted by Gasteiger charge is -2.18. The molecule has 6 heteroatoms. The lowest BCUT2D eigenvalue weighted by atomic mass is 10.1. The van der Waals surface area contributed by atoms with E-state index in [1.165, 1.54) is 116 Å². The summed E-state index contributed by atoms with van der Waals surface area (Å²) in [6.07, 6.45) is 79.8. The zero-order valence-electron chi connectivity index (χ0n) is 47.2. The predicted molar refractivity (Wildman–Crippen MR) is 311 cm³/mol. The number of hydrogen-bond acceptors (Lipinski definition) is 6. The number of hydrogen-bond donors (Lipinski definition) is 0. The molecule has 0 N–H and O–H groups in total. The molecule has 0 aromatic heterocycles. The molecule has 0 rings (SSSR count). The van der Waals surface area contributed by atoms with E-state index in [0.29, 0.717) is 19.3 Å². The maximum Gasteiger partial charge on any atom is 0.306 e. The normalized spacial score (nSPS) is 12.8. The van der Waals surface area contributed by atoms with Gasteiger partial charge in [-0.05, 0) is 116 Å². The van der Waals surface area contributed by atoms with Gasteiger partial charge in [0.05, 0.1) is 0 Å². The highest BCUT2D eigenvalue weighted by Gasteiger charge is 2.19. The third-order valence-corrected chi connectivity index (χ3v) is 12.8. The molecular weight excluding hydrogens is 889 g/mol. The van der Waals surface area contributed by atoms with E-state index in [2.05, 4.69) is 118 Å². The molecule has 1 atom stereocenters. The Morgan fingerprint density at radius 3 is 0.917 bits per heavy atom. The Balaban J connectivity index is 4.35. The summed E-state index contributed by atoms with van der Waals surface area (Å²) in [5.41, 5.74) is 0. The van der Waals surface area contributed by atoms with E-state index in [-0.39, 0.29) is 31.1 Å². The summed E-state index contributed by atoms with van der Waals surface area (Å²) in [6, 6.07) is 0. The second-order valence-electron chi connectivity index (χ2n) is 19.9. The smallest absolute Gasteiger partial charge is 0.306 e. The van der Waals surface area contributed by atoms with Crippen LogP contribution in [-0.2, 0) is 28.6 Å².